The van der Waals surface area contributed by atoms with Gasteiger partial charge in [-0.1, -0.05) is 182 Å². The van der Waals surface area contributed by atoms with E-state index in [0.717, 1.165) is 34.5 Å². The van der Waals surface area contributed by atoms with E-state index in [4.69, 9.17) is 4.99 Å². The second-order valence-corrected chi connectivity index (χ2v) is 14.3. The third-order valence-electron chi connectivity index (χ3n) is 10.8. The summed E-state index contributed by atoms with van der Waals surface area (Å²) in [6.45, 7) is 4.30. The Bertz CT molecular complexity index is 2800. The van der Waals surface area contributed by atoms with Gasteiger partial charge in [-0.3, -0.25) is 0 Å². The molecule has 1 heterocycles. The summed E-state index contributed by atoms with van der Waals surface area (Å²) in [6.07, 6.45) is 24.3. The molecule has 2 heteroatoms. The summed E-state index contributed by atoms with van der Waals surface area (Å²) >= 11 is 0. The zero-order valence-corrected chi connectivity index (χ0v) is 31.7. The Balaban J connectivity index is 1.20. The lowest BCUT2D eigenvalue weighted by Crippen LogP contribution is -2.14. The van der Waals surface area contributed by atoms with E-state index in [1.165, 1.54) is 66.8 Å². The first-order chi connectivity index (χ1) is 27.7. The van der Waals surface area contributed by atoms with Crippen LogP contribution >= 0.6 is 0 Å². The summed E-state index contributed by atoms with van der Waals surface area (Å²) < 4.78 is 2.49. The molecule has 2 aliphatic carbocycles. The maximum Gasteiger partial charge on any atom is 0.0781 e. The monoisotopic (exact) mass is 718 g/mol. The van der Waals surface area contributed by atoms with E-state index in [1.54, 1.807) is 0 Å². The number of fused-ring (bicyclic) bond motifs is 5. The average molecular weight is 719 g/mol. The van der Waals surface area contributed by atoms with Crippen molar-refractivity contribution in [2.75, 3.05) is 0 Å². The van der Waals surface area contributed by atoms with Crippen LogP contribution < -0.4 is 0 Å². The van der Waals surface area contributed by atoms with E-state index in [0.29, 0.717) is 0 Å². The van der Waals surface area contributed by atoms with Crippen molar-refractivity contribution in [2.45, 2.75) is 20.3 Å². The van der Waals surface area contributed by atoms with Crippen LogP contribution in [-0.4, -0.2) is 10.3 Å². The van der Waals surface area contributed by atoms with Gasteiger partial charge in [0.15, 0.2) is 0 Å². The van der Waals surface area contributed by atoms with Gasteiger partial charge in [0.1, 0.15) is 0 Å². The lowest BCUT2D eigenvalue weighted by atomic mass is 9.78. The quantitative estimate of drug-likeness (QED) is 0.146. The molecule has 0 N–H and O–H groups in total. The number of aliphatic imine (C=N–C) groups is 1. The van der Waals surface area contributed by atoms with Gasteiger partial charge in [0.2, 0.25) is 0 Å². The number of hydrogen-bond donors (Lipinski definition) is 0. The fourth-order valence-corrected chi connectivity index (χ4v) is 8.07. The van der Waals surface area contributed by atoms with Gasteiger partial charge in [0, 0.05) is 28.5 Å². The molecule has 9 rings (SSSR count). The highest BCUT2D eigenvalue weighted by molar-refractivity contribution is 6.15. The van der Waals surface area contributed by atoms with Gasteiger partial charge in [0.25, 0.3) is 0 Å². The molecule has 7 aromatic rings. The predicted octanol–water partition coefficient (Wildman–Crippen LogP) is 13.8. The fraction of sp³-hybridized carbons (Fsp3) is 0.0556. The minimum atomic E-state index is 0.945. The largest absolute Gasteiger partial charge is 0.309 e. The molecule has 0 atom stereocenters. The Kier molecular flexibility index (Phi) is 9.53. The fourth-order valence-electron chi connectivity index (χ4n) is 8.07. The number of benzene rings is 6. The number of allylic oxidation sites excluding steroid dienone is 9. The third-order valence-corrected chi connectivity index (χ3v) is 10.8. The summed E-state index contributed by atoms with van der Waals surface area (Å²) in [5.41, 5.74) is 19.1. The third kappa shape index (κ3) is 6.56. The van der Waals surface area contributed by atoms with Gasteiger partial charge in [-0.2, -0.15) is 0 Å². The van der Waals surface area contributed by atoms with Crippen molar-refractivity contribution >= 4 is 34.5 Å². The number of hydrogen-bond acceptors (Lipinski definition) is 1. The Morgan fingerprint density at radius 1 is 0.589 bits per heavy atom. The first-order valence-corrected chi connectivity index (χ1v) is 19.4. The molecule has 56 heavy (non-hydrogen) atoms. The molecule has 6 aromatic carbocycles. The van der Waals surface area contributed by atoms with Gasteiger partial charge in [-0.05, 0) is 82.6 Å². The van der Waals surface area contributed by atoms with E-state index >= 15 is 0 Å². The minimum absolute atomic E-state index is 0.945. The molecule has 0 spiro atoms. The van der Waals surface area contributed by atoms with Crippen LogP contribution in [0.4, 0.5) is 0 Å². The number of aryl methyl sites for hydroxylation is 1. The van der Waals surface area contributed by atoms with E-state index in [9.17, 15) is 0 Å². The van der Waals surface area contributed by atoms with Crippen molar-refractivity contribution in [2.24, 2.45) is 4.99 Å². The molecule has 1 aromatic heterocycles. The zero-order valence-electron chi connectivity index (χ0n) is 31.7. The minimum Gasteiger partial charge on any atom is -0.309 e. The number of aromatic nitrogens is 1. The molecule has 0 amide bonds. The molecular formula is C54H42N2. The second kappa shape index (κ2) is 15.4. The highest BCUT2D eigenvalue weighted by Gasteiger charge is 2.28. The molecule has 268 valence electrons. The van der Waals surface area contributed by atoms with E-state index in [1.807, 2.05) is 6.07 Å². The molecule has 2 aliphatic rings. The summed E-state index contributed by atoms with van der Waals surface area (Å²) in [6, 6.07) is 50.1. The van der Waals surface area contributed by atoms with Gasteiger partial charge in [0.05, 0.1) is 28.3 Å². The zero-order chi connectivity index (χ0) is 37.8. The summed E-state index contributed by atoms with van der Waals surface area (Å²) in [5.74, 6) is 0. The van der Waals surface area contributed by atoms with Gasteiger partial charge in [-0.25, -0.2) is 4.99 Å². The first kappa shape index (κ1) is 34.7. The Hall–Kier alpha value is -7.03. The van der Waals surface area contributed by atoms with E-state index in [-0.39, 0.29) is 0 Å². The lowest BCUT2D eigenvalue weighted by molar-refractivity contribution is 1.00. The van der Waals surface area contributed by atoms with E-state index in [2.05, 4.69) is 219 Å². The van der Waals surface area contributed by atoms with Crippen LogP contribution in [0.1, 0.15) is 51.6 Å². The molecule has 0 unspecified atom stereocenters. The number of nitrogens with zero attached hydrogens (tertiary/aromatic N) is 2. The SMILES string of the molecule is C/C=C(\N=C(c1ccccc1)c1ccc(-c2c3ccc(-n4c5c(c6ccc(-c7ccccc7)cc64)/C=C/C=C/C=C\C=C/C=C5)c2C3)c(C)c1)c1ccccc1. The van der Waals surface area contributed by atoms with Gasteiger partial charge in [-0.15, -0.1) is 0 Å². The summed E-state index contributed by atoms with van der Waals surface area (Å²) in [4.78, 5) is 5.31. The Labute approximate surface area is 329 Å². The van der Waals surface area contributed by atoms with Crippen molar-refractivity contribution in [3.63, 3.8) is 0 Å². The first-order valence-electron chi connectivity index (χ1n) is 19.4. The van der Waals surface area contributed by atoms with Gasteiger partial charge >= 0.3 is 0 Å². The van der Waals surface area contributed by atoms with Crippen molar-refractivity contribution in [3.05, 3.63) is 239 Å². The summed E-state index contributed by atoms with van der Waals surface area (Å²) in [7, 11) is 0. The molecule has 0 radical (unpaired) electrons. The molecule has 0 fully saturated rings. The topological polar surface area (TPSA) is 17.3 Å². The average Bonchev–Trinajstić information content (AvgIpc) is 3.54. The van der Waals surface area contributed by atoms with Crippen LogP contribution in [0.5, 0.6) is 0 Å². The van der Waals surface area contributed by atoms with Crippen molar-refractivity contribution < 1.29 is 0 Å². The van der Waals surface area contributed by atoms with Crippen LogP contribution in [0.2, 0.25) is 0 Å². The standard InChI is InChI=1S/C54H42N2/c1-3-49(40-23-15-11-16-24-40)55-54(41-25-17-12-18-26-41)44-30-32-45(38(2)35-44)53-43-31-34-51(48(53)36-43)56-50-28-20-9-7-5-4-6-8-19-27-46(50)47-33-29-42(37-52(47)56)39-21-13-10-14-22-39/h3-35,37H,36H2,1-2H3/b5-4-,6-4?,7-5?,8-6+,9-7-,19-8?,20-9?,27-19+,28-20?,46-27?,49-3-,50-28?,55-54?. The van der Waals surface area contributed by atoms with Crippen molar-refractivity contribution in [1.29, 1.82) is 0 Å². The normalized spacial score (nSPS) is 16.0. The van der Waals surface area contributed by atoms with Crippen LogP contribution in [0.25, 0.3) is 56.7 Å². The highest BCUT2D eigenvalue weighted by atomic mass is 15.0. The van der Waals surface area contributed by atoms with Gasteiger partial charge < -0.3 is 4.57 Å². The van der Waals surface area contributed by atoms with Crippen molar-refractivity contribution in [1.82, 2.24) is 4.57 Å². The molecule has 0 aliphatic heterocycles. The molecular weight excluding hydrogens is 677 g/mol. The summed E-state index contributed by atoms with van der Waals surface area (Å²) in [5, 5.41) is 1.23. The molecule has 0 saturated heterocycles. The Morgan fingerprint density at radius 3 is 1.93 bits per heavy atom. The van der Waals surface area contributed by atoms with Crippen molar-refractivity contribution in [3.8, 4) is 27.9 Å². The highest BCUT2D eigenvalue weighted by Crippen LogP contribution is 2.46. The van der Waals surface area contributed by atoms with Crippen LogP contribution in [-0.2, 0) is 6.42 Å². The maximum atomic E-state index is 5.31. The maximum absolute atomic E-state index is 5.31. The number of rotatable bonds is 7. The smallest absolute Gasteiger partial charge is 0.0781 e. The second-order valence-electron chi connectivity index (χ2n) is 14.3. The van der Waals surface area contributed by atoms with E-state index < -0.39 is 0 Å². The predicted molar refractivity (Wildman–Crippen MR) is 239 cm³/mol. The molecule has 2 nitrogen and oxygen atoms in total. The van der Waals surface area contributed by atoms with Crippen LogP contribution in [0, 0.1) is 6.92 Å². The van der Waals surface area contributed by atoms with Crippen LogP contribution in [0.15, 0.2) is 199 Å². The van der Waals surface area contributed by atoms with Crippen LogP contribution in [0.3, 0.4) is 0 Å². The molecule has 0 saturated carbocycles. The molecule has 2 bridgehead atoms. The Morgan fingerprint density at radius 2 is 1.25 bits per heavy atom. The lowest BCUT2D eigenvalue weighted by Gasteiger charge is -2.30.